The van der Waals surface area contributed by atoms with Gasteiger partial charge in [-0.3, -0.25) is 0 Å². The van der Waals surface area contributed by atoms with Crippen LogP contribution in [0.2, 0.25) is 0 Å². The highest BCUT2D eigenvalue weighted by atomic mass is 79.9. The molecule has 0 radical (unpaired) electrons. The first-order valence-corrected chi connectivity index (χ1v) is 6.31. The zero-order valence-electron chi connectivity index (χ0n) is 9.82. The van der Waals surface area contributed by atoms with Crippen LogP contribution in [0.5, 0.6) is 0 Å². The van der Waals surface area contributed by atoms with Crippen LogP contribution in [0.3, 0.4) is 0 Å². The molecule has 0 aliphatic rings. The van der Waals surface area contributed by atoms with Crippen molar-refractivity contribution >= 4 is 15.9 Å². The first-order chi connectivity index (χ1) is 7.67. The Balaban J connectivity index is 2.59. The lowest BCUT2D eigenvalue weighted by atomic mass is 9.89. The van der Waals surface area contributed by atoms with E-state index in [9.17, 15) is 5.11 Å². The number of methoxy groups -OCH3 is 1. The number of aliphatic hydroxyl groups excluding tert-OH is 1. The maximum Gasteiger partial charge on any atom is 0.0491 e. The van der Waals surface area contributed by atoms with Crippen molar-refractivity contribution in [1.29, 1.82) is 0 Å². The average molecular weight is 287 g/mol. The first-order valence-electron chi connectivity index (χ1n) is 5.51. The molecular weight excluding hydrogens is 268 g/mol. The highest BCUT2D eigenvalue weighted by Crippen LogP contribution is 2.19. The van der Waals surface area contributed by atoms with E-state index >= 15 is 0 Å². The normalized spacial score (nSPS) is 14.8. The summed E-state index contributed by atoms with van der Waals surface area (Å²) >= 11 is 3.41. The van der Waals surface area contributed by atoms with Gasteiger partial charge in [0.05, 0.1) is 0 Å². The van der Waals surface area contributed by atoms with Crippen molar-refractivity contribution in [3.8, 4) is 0 Å². The van der Waals surface area contributed by atoms with Crippen LogP contribution in [0.4, 0.5) is 0 Å². The quantitative estimate of drug-likeness (QED) is 0.871. The van der Waals surface area contributed by atoms with E-state index in [0.717, 1.165) is 10.9 Å². The molecule has 2 unspecified atom stereocenters. The molecule has 0 spiro atoms. The van der Waals surface area contributed by atoms with Crippen molar-refractivity contribution in [3.63, 3.8) is 0 Å². The van der Waals surface area contributed by atoms with Crippen LogP contribution in [-0.2, 0) is 11.2 Å². The molecular formula is C13H19BrO2. The largest absolute Gasteiger partial charge is 0.396 e. The van der Waals surface area contributed by atoms with Crippen LogP contribution in [0.25, 0.3) is 0 Å². The summed E-state index contributed by atoms with van der Waals surface area (Å²) in [5, 5.41) is 9.37. The van der Waals surface area contributed by atoms with Crippen molar-refractivity contribution in [1.82, 2.24) is 0 Å². The third kappa shape index (κ3) is 4.24. The fourth-order valence-electron chi connectivity index (χ4n) is 1.77. The SMILES string of the molecule is COCC(C)C(CO)Cc1ccc(Br)cc1. The van der Waals surface area contributed by atoms with Crippen LogP contribution in [0, 0.1) is 11.8 Å². The third-order valence-electron chi connectivity index (χ3n) is 2.88. The molecule has 2 nitrogen and oxygen atoms in total. The van der Waals surface area contributed by atoms with E-state index in [4.69, 9.17) is 4.74 Å². The zero-order chi connectivity index (χ0) is 12.0. The van der Waals surface area contributed by atoms with Crippen molar-refractivity contribution in [2.24, 2.45) is 11.8 Å². The van der Waals surface area contributed by atoms with E-state index in [1.165, 1.54) is 5.56 Å². The van der Waals surface area contributed by atoms with Crippen LogP contribution >= 0.6 is 15.9 Å². The summed E-state index contributed by atoms with van der Waals surface area (Å²) in [6.07, 6.45) is 0.897. The second-order valence-electron chi connectivity index (χ2n) is 4.21. The molecule has 0 aromatic heterocycles. The minimum absolute atomic E-state index is 0.209. The van der Waals surface area contributed by atoms with E-state index in [0.29, 0.717) is 12.5 Å². The van der Waals surface area contributed by atoms with Crippen LogP contribution in [-0.4, -0.2) is 25.4 Å². The highest BCUT2D eigenvalue weighted by molar-refractivity contribution is 9.10. The number of ether oxygens (including phenoxy) is 1. The van der Waals surface area contributed by atoms with E-state index in [-0.39, 0.29) is 12.5 Å². The summed E-state index contributed by atoms with van der Waals surface area (Å²) in [6, 6.07) is 8.24. The number of benzene rings is 1. The monoisotopic (exact) mass is 286 g/mol. The number of rotatable bonds is 6. The third-order valence-corrected chi connectivity index (χ3v) is 3.41. The van der Waals surface area contributed by atoms with Gasteiger partial charge in [0.1, 0.15) is 0 Å². The lowest BCUT2D eigenvalue weighted by Gasteiger charge is -2.21. The Bertz CT molecular complexity index is 297. The van der Waals surface area contributed by atoms with Crippen LogP contribution < -0.4 is 0 Å². The summed E-state index contributed by atoms with van der Waals surface area (Å²) in [7, 11) is 1.70. The Kier molecular flexibility index (Phi) is 6.03. The summed E-state index contributed by atoms with van der Waals surface area (Å²) in [6.45, 7) is 3.02. The summed E-state index contributed by atoms with van der Waals surface area (Å²) in [5.41, 5.74) is 1.25. The second kappa shape index (κ2) is 7.05. The van der Waals surface area contributed by atoms with Crippen molar-refractivity contribution in [3.05, 3.63) is 34.3 Å². The van der Waals surface area contributed by atoms with E-state index in [2.05, 4.69) is 35.0 Å². The molecule has 0 saturated carbocycles. The van der Waals surface area contributed by atoms with Gasteiger partial charge in [0, 0.05) is 24.8 Å². The molecule has 90 valence electrons. The molecule has 1 N–H and O–H groups in total. The first kappa shape index (κ1) is 13.7. The Morgan fingerprint density at radius 3 is 2.44 bits per heavy atom. The Morgan fingerprint density at radius 1 is 1.31 bits per heavy atom. The maximum absolute atomic E-state index is 9.37. The predicted octanol–water partition coefficient (Wildman–Crippen LogP) is 2.88. The summed E-state index contributed by atoms with van der Waals surface area (Å²) in [4.78, 5) is 0. The summed E-state index contributed by atoms with van der Waals surface area (Å²) < 4.78 is 6.21. The van der Waals surface area contributed by atoms with Gasteiger partial charge in [-0.15, -0.1) is 0 Å². The number of hydrogen-bond donors (Lipinski definition) is 1. The molecule has 0 fully saturated rings. The Morgan fingerprint density at radius 2 is 1.94 bits per heavy atom. The Labute approximate surface area is 106 Å². The van der Waals surface area contributed by atoms with Crippen molar-refractivity contribution in [2.45, 2.75) is 13.3 Å². The lowest BCUT2D eigenvalue weighted by molar-refractivity contribution is 0.0983. The van der Waals surface area contributed by atoms with Crippen molar-refractivity contribution < 1.29 is 9.84 Å². The predicted molar refractivity (Wildman–Crippen MR) is 69.5 cm³/mol. The van der Waals surface area contributed by atoms with Gasteiger partial charge in [-0.05, 0) is 36.0 Å². The lowest BCUT2D eigenvalue weighted by Crippen LogP contribution is -2.22. The van der Waals surface area contributed by atoms with Gasteiger partial charge >= 0.3 is 0 Å². The molecule has 0 saturated heterocycles. The molecule has 0 aliphatic carbocycles. The van der Waals surface area contributed by atoms with Crippen molar-refractivity contribution in [2.75, 3.05) is 20.3 Å². The van der Waals surface area contributed by atoms with E-state index in [1.54, 1.807) is 7.11 Å². The number of hydrogen-bond acceptors (Lipinski definition) is 2. The van der Waals surface area contributed by atoms with Gasteiger partial charge in [0.15, 0.2) is 0 Å². The molecule has 1 aromatic carbocycles. The van der Waals surface area contributed by atoms with Gasteiger partial charge in [-0.2, -0.15) is 0 Å². The smallest absolute Gasteiger partial charge is 0.0491 e. The summed E-state index contributed by atoms with van der Waals surface area (Å²) in [5.74, 6) is 0.639. The fraction of sp³-hybridized carbons (Fsp3) is 0.538. The molecule has 2 atom stereocenters. The molecule has 3 heteroatoms. The van der Waals surface area contributed by atoms with E-state index in [1.807, 2.05) is 12.1 Å². The minimum atomic E-state index is 0.209. The zero-order valence-corrected chi connectivity index (χ0v) is 11.4. The van der Waals surface area contributed by atoms with Gasteiger partial charge in [-0.25, -0.2) is 0 Å². The molecule has 0 aliphatic heterocycles. The topological polar surface area (TPSA) is 29.5 Å². The fourth-order valence-corrected chi connectivity index (χ4v) is 2.03. The highest BCUT2D eigenvalue weighted by Gasteiger charge is 2.16. The van der Waals surface area contributed by atoms with E-state index < -0.39 is 0 Å². The standard InChI is InChI=1S/C13H19BrO2/c1-10(9-16-2)12(8-15)7-11-3-5-13(14)6-4-11/h3-6,10,12,15H,7-9H2,1-2H3. The number of halogens is 1. The van der Waals surface area contributed by atoms with Gasteiger partial charge in [-0.1, -0.05) is 35.0 Å². The molecule has 0 bridgehead atoms. The molecule has 16 heavy (non-hydrogen) atoms. The van der Waals surface area contributed by atoms with Gasteiger partial charge < -0.3 is 9.84 Å². The molecule has 1 rings (SSSR count). The van der Waals surface area contributed by atoms with Crippen LogP contribution in [0.15, 0.2) is 28.7 Å². The molecule has 0 amide bonds. The maximum atomic E-state index is 9.37. The second-order valence-corrected chi connectivity index (χ2v) is 5.12. The van der Waals surface area contributed by atoms with Crippen LogP contribution in [0.1, 0.15) is 12.5 Å². The molecule has 0 heterocycles. The molecule has 1 aromatic rings. The van der Waals surface area contributed by atoms with Gasteiger partial charge in [0.2, 0.25) is 0 Å². The Hall–Kier alpha value is -0.380. The minimum Gasteiger partial charge on any atom is -0.396 e. The van der Waals surface area contributed by atoms with Gasteiger partial charge in [0.25, 0.3) is 0 Å². The number of aliphatic hydroxyl groups is 1. The average Bonchev–Trinajstić information content (AvgIpc) is 2.28.